The van der Waals surface area contributed by atoms with Gasteiger partial charge in [0.2, 0.25) is 0 Å². The molecule has 2 heterocycles. The van der Waals surface area contributed by atoms with Crippen LogP contribution in [0.4, 0.5) is 0 Å². The number of aromatic nitrogens is 2. The fraction of sp³-hybridized carbons (Fsp3) is 0.105. The number of fused-ring (bicyclic) bond motifs is 3. The van der Waals surface area contributed by atoms with Gasteiger partial charge in [0, 0.05) is 11.9 Å². The van der Waals surface area contributed by atoms with Gasteiger partial charge in [0.1, 0.15) is 5.15 Å². The van der Waals surface area contributed by atoms with Crippen molar-refractivity contribution in [2.45, 2.75) is 12.7 Å². The molecule has 0 bridgehead atoms. The molecule has 5 nitrogen and oxygen atoms in total. The van der Waals surface area contributed by atoms with Crippen LogP contribution in [0, 0.1) is 0 Å². The van der Waals surface area contributed by atoms with E-state index in [2.05, 4.69) is 9.55 Å². The van der Waals surface area contributed by atoms with Gasteiger partial charge in [-0.3, -0.25) is 4.57 Å². The Labute approximate surface area is 155 Å². The SMILES string of the molecule is O=P(O)(O)Cc1ccc(Cn2c3ccccc3c3nc(Cl)ccc32)cc1. The second kappa shape index (κ2) is 6.53. The molecule has 2 aromatic heterocycles. The number of hydrogen-bond acceptors (Lipinski definition) is 2. The first kappa shape index (κ1) is 17.3. The van der Waals surface area contributed by atoms with Crippen LogP contribution >= 0.6 is 19.2 Å². The van der Waals surface area contributed by atoms with Gasteiger partial charge in [-0.25, -0.2) is 4.98 Å². The second-order valence-electron chi connectivity index (χ2n) is 6.24. The molecule has 0 saturated heterocycles. The molecule has 0 amide bonds. The Balaban J connectivity index is 1.76. The van der Waals surface area contributed by atoms with E-state index < -0.39 is 7.60 Å². The van der Waals surface area contributed by atoms with Crippen LogP contribution in [0.25, 0.3) is 21.9 Å². The van der Waals surface area contributed by atoms with E-state index in [9.17, 15) is 4.57 Å². The molecule has 0 aliphatic carbocycles. The van der Waals surface area contributed by atoms with Crippen molar-refractivity contribution in [3.05, 3.63) is 76.9 Å². The summed E-state index contributed by atoms with van der Waals surface area (Å²) in [6.07, 6.45) is -0.245. The van der Waals surface area contributed by atoms with E-state index in [-0.39, 0.29) is 6.16 Å². The largest absolute Gasteiger partial charge is 0.335 e. The molecular formula is C19H16ClN2O3P. The Hall–Kier alpha value is -2.17. The highest BCUT2D eigenvalue weighted by atomic mass is 35.5. The van der Waals surface area contributed by atoms with E-state index in [4.69, 9.17) is 21.4 Å². The Morgan fingerprint density at radius 3 is 2.35 bits per heavy atom. The Bertz CT molecular complexity index is 1150. The molecule has 7 heteroatoms. The van der Waals surface area contributed by atoms with Crippen molar-refractivity contribution in [3.63, 3.8) is 0 Å². The molecule has 0 saturated carbocycles. The molecule has 26 heavy (non-hydrogen) atoms. The predicted octanol–water partition coefficient (Wildman–Crippen LogP) is 4.57. The number of nitrogens with zero attached hydrogens (tertiary/aromatic N) is 2. The molecule has 0 aliphatic rings. The molecule has 132 valence electrons. The second-order valence-corrected chi connectivity index (χ2v) is 8.28. The van der Waals surface area contributed by atoms with Crippen LogP contribution in [0.2, 0.25) is 5.15 Å². The molecular weight excluding hydrogens is 371 g/mol. The third-order valence-corrected chi connectivity index (χ3v) is 5.32. The lowest BCUT2D eigenvalue weighted by Gasteiger charge is -2.09. The first-order valence-corrected chi connectivity index (χ1v) is 10.2. The Morgan fingerprint density at radius 2 is 1.62 bits per heavy atom. The van der Waals surface area contributed by atoms with E-state index in [0.29, 0.717) is 17.3 Å². The van der Waals surface area contributed by atoms with E-state index in [1.807, 2.05) is 42.5 Å². The maximum absolute atomic E-state index is 11.1. The summed E-state index contributed by atoms with van der Waals surface area (Å²) in [4.78, 5) is 22.7. The van der Waals surface area contributed by atoms with Crippen molar-refractivity contribution in [3.8, 4) is 0 Å². The molecule has 0 fully saturated rings. The fourth-order valence-corrected chi connectivity index (χ4v) is 4.06. The zero-order valence-corrected chi connectivity index (χ0v) is 15.4. The topological polar surface area (TPSA) is 75.3 Å². The summed E-state index contributed by atoms with van der Waals surface area (Å²) in [5, 5.41) is 1.50. The normalized spacial score (nSPS) is 12.1. The Morgan fingerprint density at radius 1 is 0.923 bits per heavy atom. The van der Waals surface area contributed by atoms with E-state index in [0.717, 1.165) is 27.5 Å². The molecule has 0 aliphatic heterocycles. The van der Waals surface area contributed by atoms with Crippen molar-refractivity contribution >= 4 is 41.1 Å². The van der Waals surface area contributed by atoms with Gasteiger partial charge in [0.15, 0.2) is 0 Å². The van der Waals surface area contributed by atoms with Gasteiger partial charge in [-0.05, 0) is 29.3 Å². The van der Waals surface area contributed by atoms with Gasteiger partial charge in [0.25, 0.3) is 0 Å². The van der Waals surface area contributed by atoms with Crippen molar-refractivity contribution in [2.75, 3.05) is 0 Å². The van der Waals surface area contributed by atoms with E-state index >= 15 is 0 Å². The molecule has 2 aromatic carbocycles. The first-order chi connectivity index (χ1) is 12.4. The summed E-state index contributed by atoms with van der Waals surface area (Å²) in [5.74, 6) is 0. The van der Waals surface area contributed by atoms with Crippen molar-refractivity contribution in [2.24, 2.45) is 0 Å². The highest BCUT2D eigenvalue weighted by Gasteiger charge is 2.15. The molecule has 4 rings (SSSR count). The minimum Gasteiger partial charge on any atom is -0.335 e. The number of para-hydroxylation sites is 1. The van der Waals surface area contributed by atoms with Gasteiger partial charge >= 0.3 is 7.60 Å². The van der Waals surface area contributed by atoms with Gasteiger partial charge in [-0.2, -0.15) is 0 Å². The standard InChI is InChI=1S/C19H16ClN2O3P/c20-18-10-9-17-19(21-18)15-3-1-2-4-16(15)22(17)11-13-5-7-14(8-6-13)12-26(23,24)25/h1-10H,11-12H2,(H2,23,24,25). The van der Waals surface area contributed by atoms with Crippen molar-refractivity contribution in [1.29, 1.82) is 0 Å². The number of rotatable bonds is 4. The zero-order chi connectivity index (χ0) is 18.3. The maximum atomic E-state index is 11.1. The maximum Gasteiger partial charge on any atom is 0.329 e. The molecule has 0 unspecified atom stereocenters. The van der Waals surface area contributed by atoms with Crippen molar-refractivity contribution in [1.82, 2.24) is 9.55 Å². The summed E-state index contributed by atoms with van der Waals surface area (Å²) < 4.78 is 13.3. The molecule has 0 atom stereocenters. The van der Waals surface area contributed by atoms with E-state index in [1.54, 1.807) is 18.2 Å². The van der Waals surface area contributed by atoms with Crippen LogP contribution in [0.15, 0.2) is 60.7 Å². The summed E-state index contributed by atoms with van der Waals surface area (Å²) in [6, 6.07) is 19.1. The fourth-order valence-electron chi connectivity index (χ4n) is 3.22. The third kappa shape index (κ3) is 3.39. The Kier molecular flexibility index (Phi) is 4.33. The molecule has 2 N–H and O–H groups in total. The summed E-state index contributed by atoms with van der Waals surface area (Å²) in [7, 11) is -4.06. The van der Waals surface area contributed by atoms with Crippen LogP contribution in [0.5, 0.6) is 0 Å². The highest BCUT2D eigenvalue weighted by molar-refractivity contribution is 7.50. The molecule has 0 spiro atoms. The smallest absolute Gasteiger partial charge is 0.329 e. The predicted molar refractivity (Wildman–Crippen MR) is 104 cm³/mol. The molecule has 4 aromatic rings. The van der Waals surface area contributed by atoms with Gasteiger partial charge in [-0.1, -0.05) is 54.1 Å². The van der Waals surface area contributed by atoms with E-state index in [1.165, 1.54) is 0 Å². The zero-order valence-electron chi connectivity index (χ0n) is 13.7. The van der Waals surface area contributed by atoms with Crippen LogP contribution in [0.1, 0.15) is 11.1 Å². The lowest BCUT2D eigenvalue weighted by Crippen LogP contribution is -1.99. The number of hydrogen-bond donors (Lipinski definition) is 2. The summed E-state index contributed by atoms with van der Waals surface area (Å²) in [5.41, 5.74) is 4.59. The lowest BCUT2D eigenvalue weighted by molar-refractivity contribution is 0.371. The average molecular weight is 387 g/mol. The number of benzene rings is 2. The first-order valence-electron chi connectivity index (χ1n) is 8.06. The van der Waals surface area contributed by atoms with Crippen LogP contribution in [0.3, 0.4) is 0 Å². The van der Waals surface area contributed by atoms with Crippen LogP contribution in [-0.4, -0.2) is 19.3 Å². The summed E-state index contributed by atoms with van der Waals surface area (Å²) in [6.45, 7) is 0.628. The number of halogens is 1. The lowest BCUT2D eigenvalue weighted by atomic mass is 10.1. The van der Waals surface area contributed by atoms with Crippen LogP contribution in [-0.2, 0) is 17.3 Å². The van der Waals surface area contributed by atoms with Crippen molar-refractivity contribution < 1.29 is 14.4 Å². The molecule has 0 radical (unpaired) electrons. The minimum atomic E-state index is -4.06. The minimum absolute atomic E-state index is 0.245. The number of pyridine rings is 1. The van der Waals surface area contributed by atoms with Gasteiger partial charge in [-0.15, -0.1) is 0 Å². The highest BCUT2D eigenvalue weighted by Crippen LogP contribution is 2.39. The van der Waals surface area contributed by atoms with Gasteiger partial charge < -0.3 is 14.4 Å². The quantitative estimate of drug-likeness (QED) is 0.398. The third-order valence-electron chi connectivity index (χ3n) is 4.33. The van der Waals surface area contributed by atoms with Crippen LogP contribution < -0.4 is 0 Å². The van der Waals surface area contributed by atoms with Gasteiger partial charge in [0.05, 0.1) is 22.7 Å². The average Bonchev–Trinajstić information content (AvgIpc) is 2.89. The summed E-state index contributed by atoms with van der Waals surface area (Å²) >= 11 is 6.07. The monoisotopic (exact) mass is 386 g/mol.